The number of rotatable bonds is 7. The maximum Gasteiger partial charge on any atom is 0.101 e. The lowest BCUT2D eigenvalue weighted by molar-refractivity contribution is 0.231. The SMILES string of the molecule is CCCCC/C=C/C/C(C)=C/C[O]. The van der Waals surface area contributed by atoms with E-state index in [1.165, 1.54) is 31.3 Å². The van der Waals surface area contributed by atoms with Crippen LogP contribution < -0.4 is 0 Å². The van der Waals surface area contributed by atoms with E-state index in [1.807, 2.05) is 6.92 Å². The van der Waals surface area contributed by atoms with Gasteiger partial charge in [0, 0.05) is 0 Å². The van der Waals surface area contributed by atoms with Gasteiger partial charge in [-0.05, 0) is 26.2 Å². The molecule has 0 fully saturated rings. The summed E-state index contributed by atoms with van der Waals surface area (Å²) in [7, 11) is 0. The number of hydrogen-bond acceptors (Lipinski definition) is 0. The molecule has 0 heterocycles. The zero-order valence-electron chi connectivity index (χ0n) is 8.88. The Kier molecular flexibility index (Phi) is 9.12. The van der Waals surface area contributed by atoms with E-state index < -0.39 is 0 Å². The first-order valence-corrected chi connectivity index (χ1v) is 5.20. The van der Waals surface area contributed by atoms with Crippen LogP contribution in [0.1, 0.15) is 46.0 Å². The number of hydrogen-bond donors (Lipinski definition) is 0. The van der Waals surface area contributed by atoms with E-state index in [2.05, 4.69) is 19.1 Å². The van der Waals surface area contributed by atoms with Gasteiger partial charge in [-0.15, -0.1) is 0 Å². The third kappa shape index (κ3) is 9.35. The molecule has 0 aromatic carbocycles. The van der Waals surface area contributed by atoms with Gasteiger partial charge in [0.15, 0.2) is 0 Å². The third-order valence-corrected chi connectivity index (χ3v) is 2.01. The molecular weight excluding hydrogens is 160 g/mol. The molecule has 0 aliphatic carbocycles. The Balaban J connectivity index is 3.35. The van der Waals surface area contributed by atoms with E-state index in [9.17, 15) is 5.11 Å². The van der Waals surface area contributed by atoms with Crippen LogP contribution >= 0.6 is 0 Å². The predicted octanol–water partition coefficient (Wildman–Crippen LogP) is 3.89. The zero-order valence-corrected chi connectivity index (χ0v) is 8.88. The van der Waals surface area contributed by atoms with Crippen LogP contribution in [0.25, 0.3) is 0 Å². The van der Waals surface area contributed by atoms with Crippen molar-refractivity contribution >= 4 is 0 Å². The average Bonchev–Trinajstić information content (AvgIpc) is 2.11. The molecule has 0 spiro atoms. The molecule has 0 saturated carbocycles. The molecule has 0 aliphatic heterocycles. The Hall–Kier alpha value is -0.560. The topological polar surface area (TPSA) is 19.9 Å². The summed E-state index contributed by atoms with van der Waals surface area (Å²) in [5.41, 5.74) is 1.18. The lowest BCUT2D eigenvalue weighted by atomic mass is 10.1. The average molecular weight is 181 g/mol. The van der Waals surface area contributed by atoms with E-state index in [1.54, 1.807) is 6.08 Å². The molecule has 75 valence electrons. The maximum absolute atomic E-state index is 10.2. The highest BCUT2D eigenvalue weighted by atomic mass is 16.2. The molecule has 0 rings (SSSR count). The van der Waals surface area contributed by atoms with Gasteiger partial charge in [-0.25, -0.2) is 5.11 Å². The quantitative estimate of drug-likeness (QED) is 0.419. The fourth-order valence-electron chi connectivity index (χ4n) is 1.12. The normalized spacial score (nSPS) is 12.7. The van der Waals surface area contributed by atoms with Crippen molar-refractivity contribution in [3.05, 3.63) is 23.8 Å². The van der Waals surface area contributed by atoms with E-state index in [4.69, 9.17) is 0 Å². The Morgan fingerprint density at radius 2 is 2.00 bits per heavy atom. The second kappa shape index (κ2) is 9.53. The highest BCUT2D eigenvalue weighted by Crippen LogP contribution is 2.03. The van der Waals surface area contributed by atoms with Crippen LogP contribution in [-0.2, 0) is 5.11 Å². The highest BCUT2D eigenvalue weighted by molar-refractivity contribution is 5.04. The van der Waals surface area contributed by atoms with E-state index in [0.717, 1.165) is 6.42 Å². The number of allylic oxidation sites excluding steroid dienone is 3. The molecular formula is C12H21O. The minimum atomic E-state index is -0.0878. The van der Waals surface area contributed by atoms with Crippen molar-refractivity contribution in [2.24, 2.45) is 0 Å². The lowest BCUT2D eigenvalue weighted by Gasteiger charge is -1.94. The fourth-order valence-corrected chi connectivity index (χ4v) is 1.12. The molecule has 1 nitrogen and oxygen atoms in total. The molecule has 1 heteroatoms. The summed E-state index contributed by atoms with van der Waals surface area (Å²) in [5, 5.41) is 10.2. The van der Waals surface area contributed by atoms with Crippen LogP contribution in [0.5, 0.6) is 0 Å². The molecule has 0 bridgehead atoms. The van der Waals surface area contributed by atoms with Crippen molar-refractivity contribution in [1.82, 2.24) is 0 Å². The first-order valence-electron chi connectivity index (χ1n) is 5.20. The van der Waals surface area contributed by atoms with Gasteiger partial charge in [0.2, 0.25) is 0 Å². The first kappa shape index (κ1) is 12.4. The van der Waals surface area contributed by atoms with Crippen molar-refractivity contribution in [2.45, 2.75) is 46.0 Å². The summed E-state index contributed by atoms with van der Waals surface area (Å²) < 4.78 is 0. The van der Waals surface area contributed by atoms with Crippen LogP contribution in [0.15, 0.2) is 23.8 Å². The van der Waals surface area contributed by atoms with Gasteiger partial charge in [-0.1, -0.05) is 43.6 Å². The van der Waals surface area contributed by atoms with Crippen molar-refractivity contribution in [2.75, 3.05) is 6.61 Å². The van der Waals surface area contributed by atoms with E-state index in [0.29, 0.717) is 0 Å². The summed E-state index contributed by atoms with van der Waals surface area (Å²) in [6, 6.07) is 0. The molecule has 1 radical (unpaired) electrons. The second-order valence-electron chi connectivity index (χ2n) is 3.39. The minimum Gasteiger partial charge on any atom is -0.232 e. The summed E-state index contributed by atoms with van der Waals surface area (Å²) in [4.78, 5) is 0. The van der Waals surface area contributed by atoms with Crippen LogP contribution in [0.4, 0.5) is 0 Å². The Morgan fingerprint density at radius 3 is 2.62 bits per heavy atom. The molecule has 13 heavy (non-hydrogen) atoms. The van der Waals surface area contributed by atoms with Crippen LogP contribution in [0.2, 0.25) is 0 Å². The van der Waals surface area contributed by atoms with Crippen LogP contribution in [0.3, 0.4) is 0 Å². The standard InChI is InChI=1S/C12H21O/c1-3-4-5-6-7-8-9-12(2)10-11-13/h7-8,10H,3-6,9,11H2,1-2H3/b8-7+,12-10+. The predicted molar refractivity (Wildman–Crippen MR) is 57.2 cm³/mol. The summed E-state index contributed by atoms with van der Waals surface area (Å²) in [6.07, 6.45) is 12.1. The van der Waals surface area contributed by atoms with Crippen molar-refractivity contribution in [1.29, 1.82) is 0 Å². The molecule has 0 N–H and O–H groups in total. The minimum absolute atomic E-state index is 0.0878. The first-order chi connectivity index (χ1) is 6.31. The van der Waals surface area contributed by atoms with Gasteiger partial charge < -0.3 is 0 Å². The van der Waals surface area contributed by atoms with Gasteiger partial charge in [0.25, 0.3) is 0 Å². The monoisotopic (exact) mass is 181 g/mol. The summed E-state index contributed by atoms with van der Waals surface area (Å²) in [6.45, 7) is 4.13. The van der Waals surface area contributed by atoms with Crippen LogP contribution in [-0.4, -0.2) is 6.61 Å². The van der Waals surface area contributed by atoms with E-state index >= 15 is 0 Å². The van der Waals surface area contributed by atoms with Gasteiger partial charge in [0.1, 0.15) is 6.61 Å². The van der Waals surface area contributed by atoms with Crippen molar-refractivity contribution in [3.8, 4) is 0 Å². The third-order valence-electron chi connectivity index (χ3n) is 2.01. The molecule has 0 amide bonds. The van der Waals surface area contributed by atoms with Gasteiger partial charge in [0.05, 0.1) is 0 Å². The maximum atomic E-state index is 10.2. The largest absolute Gasteiger partial charge is 0.232 e. The molecule has 0 aliphatic rings. The second-order valence-corrected chi connectivity index (χ2v) is 3.39. The van der Waals surface area contributed by atoms with Crippen LogP contribution in [0, 0.1) is 0 Å². The molecule has 0 saturated heterocycles. The summed E-state index contributed by atoms with van der Waals surface area (Å²) >= 11 is 0. The number of unbranched alkanes of at least 4 members (excludes halogenated alkanes) is 3. The van der Waals surface area contributed by atoms with Crippen molar-refractivity contribution < 1.29 is 5.11 Å². The van der Waals surface area contributed by atoms with E-state index in [-0.39, 0.29) is 6.61 Å². The molecule has 0 aromatic heterocycles. The Labute approximate surface area is 82.2 Å². The van der Waals surface area contributed by atoms with Crippen molar-refractivity contribution in [3.63, 3.8) is 0 Å². The Morgan fingerprint density at radius 1 is 1.23 bits per heavy atom. The molecule has 0 aromatic rings. The lowest BCUT2D eigenvalue weighted by Crippen LogP contribution is -1.77. The summed E-state index contributed by atoms with van der Waals surface area (Å²) in [5.74, 6) is 0. The molecule has 0 unspecified atom stereocenters. The van der Waals surface area contributed by atoms with Gasteiger partial charge >= 0.3 is 0 Å². The smallest absolute Gasteiger partial charge is 0.101 e. The Bertz CT molecular complexity index is 157. The fraction of sp³-hybridized carbons (Fsp3) is 0.667. The van der Waals surface area contributed by atoms with Gasteiger partial charge in [-0.2, -0.15) is 0 Å². The molecule has 0 atom stereocenters. The highest BCUT2D eigenvalue weighted by Gasteiger charge is 1.85. The van der Waals surface area contributed by atoms with Gasteiger partial charge in [-0.3, -0.25) is 0 Å². The zero-order chi connectivity index (χ0) is 9.94.